The summed E-state index contributed by atoms with van der Waals surface area (Å²) in [4.78, 5) is 11.4. The molecule has 19 heavy (non-hydrogen) atoms. The predicted octanol–water partition coefficient (Wildman–Crippen LogP) is 3.01. The van der Waals surface area contributed by atoms with Crippen LogP contribution in [0.3, 0.4) is 0 Å². The molecule has 0 bridgehead atoms. The Kier molecular flexibility index (Phi) is 3.71. The number of anilines is 3. The van der Waals surface area contributed by atoms with Crippen molar-refractivity contribution in [1.29, 1.82) is 0 Å². The molecule has 2 aromatic carbocycles. The number of hydrogen-bond donors (Lipinski definition) is 3. The molecular weight excluding hydrogens is 313 g/mol. The van der Waals surface area contributed by atoms with Crippen LogP contribution >= 0.6 is 15.9 Å². The van der Waals surface area contributed by atoms with Gasteiger partial charge in [-0.05, 0) is 46.3 Å². The van der Waals surface area contributed by atoms with E-state index in [1.165, 1.54) is 12.1 Å². The Hall–Kier alpha value is -2.08. The summed E-state index contributed by atoms with van der Waals surface area (Å²) in [6.45, 7) is 0. The Morgan fingerprint density at radius 3 is 2.68 bits per heavy atom. The average Bonchev–Trinajstić information content (AvgIpc) is 2.35. The van der Waals surface area contributed by atoms with E-state index in [9.17, 15) is 9.18 Å². The van der Waals surface area contributed by atoms with Gasteiger partial charge in [0.15, 0.2) is 0 Å². The molecule has 98 valence electrons. The predicted molar refractivity (Wildman–Crippen MR) is 76.8 cm³/mol. The van der Waals surface area contributed by atoms with E-state index >= 15 is 0 Å². The van der Waals surface area contributed by atoms with E-state index < -0.39 is 11.7 Å². The molecule has 0 unspecified atom stereocenters. The van der Waals surface area contributed by atoms with Crippen molar-refractivity contribution >= 4 is 38.9 Å². The van der Waals surface area contributed by atoms with Gasteiger partial charge in [-0.3, -0.25) is 4.79 Å². The molecule has 0 radical (unpaired) electrons. The third-order valence-electron chi connectivity index (χ3n) is 2.55. The van der Waals surface area contributed by atoms with Crippen molar-refractivity contribution in [2.75, 3.05) is 11.1 Å². The monoisotopic (exact) mass is 323 g/mol. The maximum absolute atomic E-state index is 13.2. The van der Waals surface area contributed by atoms with Crippen LogP contribution in [-0.2, 0) is 0 Å². The number of carbonyl (C=O) groups excluding carboxylic acids is 1. The highest BCUT2D eigenvalue weighted by Crippen LogP contribution is 2.31. The minimum atomic E-state index is -0.609. The summed E-state index contributed by atoms with van der Waals surface area (Å²) in [7, 11) is 0. The molecule has 2 aromatic rings. The topological polar surface area (TPSA) is 81.1 Å². The lowest BCUT2D eigenvalue weighted by Crippen LogP contribution is -2.14. The molecule has 0 spiro atoms. The van der Waals surface area contributed by atoms with Crippen LogP contribution in [0.15, 0.2) is 40.9 Å². The van der Waals surface area contributed by atoms with Gasteiger partial charge in [-0.15, -0.1) is 0 Å². The van der Waals surface area contributed by atoms with Crippen molar-refractivity contribution in [2.45, 2.75) is 0 Å². The average molecular weight is 324 g/mol. The van der Waals surface area contributed by atoms with E-state index in [0.29, 0.717) is 21.5 Å². The van der Waals surface area contributed by atoms with Gasteiger partial charge in [-0.1, -0.05) is 6.07 Å². The van der Waals surface area contributed by atoms with E-state index in [2.05, 4.69) is 21.2 Å². The second-order valence-corrected chi connectivity index (χ2v) is 4.74. The quantitative estimate of drug-likeness (QED) is 0.759. The minimum absolute atomic E-state index is 0.246. The Balaban J connectivity index is 2.49. The number of hydrogen-bond acceptors (Lipinski definition) is 3. The molecule has 0 aliphatic heterocycles. The minimum Gasteiger partial charge on any atom is -0.397 e. The lowest BCUT2D eigenvalue weighted by molar-refractivity contribution is 0.100. The fraction of sp³-hybridized carbons (Fsp3) is 0. The second kappa shape index (κ2) is 5.27. The van der Waals surface area contributed by atoms with Crippen LogP contribution in [0.25, 0.3) is 0 Å². The molecule has 0 fully saturated rings. The summed E-state index contributed by atoms with van der Waals surface area (Å²) in [5, 5.41) is 2.92. The summed E-state index contributed by atoms with van der Waals surface area (Å²) in [5.41, 5.74) is 12.5. The molecule has 1 amide bonds. The first kappa shape index (κ1) is 13.4. The summed E-state index contributed by atoms with van der Waals surface area (Å²) in [6.07, 6.45) is 0. The number of nitrogen functional groups attached to an aromatic ring is 1. The molecule has 0 atom stereocenters. The van der Waals surface area contributed by atoms with Gasteiger partial charge in [-0.2, -0.15) is 0 Å². The van der Waals surface area contributed by atoms with Crippen LogP contribution in [0.4, 0.5) is 21.5 Å². The number of para-hydroxylation sites is 1. The Labute approximate surface area is 117 Å². The maximum atomic E-state index is 13.2. The lowest BCUT2D eigenvalue weighted by Gasteiger charge is -2.14. The first-order chi connectivity index (χ1) is 8.99. The van der Waals surface area contributed by atoms with Gasteiger partial charge in [0.1, 0.15) is 5.82 Å². The zero-order valence-corrected chi connectivity index (χ0v) is 11.4. The first-order valence-electron chi connectivity index (χ1n) is 5.39. The van der Waals surface area contributed by atoms with E-state index in [1.807, 2.05) is 0 Å². The fourth-order valence-electron chi connectivity index (χ4n) is 1.64. The standard InChI is InChI=1S/C13H11BrFN3O/c14-9-5-4-7(15)6-11(9)18-12-8(13(17)19)2-1-3-10(12)16/h1-6,18H,16H2,(H2,17,19). The number of carbonyl (C=O) groups is 1. The third-order valence-corrected chi connectivity index (χ3v) is 3.24. The molecule has 5 N–H and O–H groups in total. The molecule has 0 heterocycles. The molecule has 2 rings (SSSR count). The van der Waals surface area contributed by atoms with E-state index in [4.69, 9.17) is 11.5 Å². The molecule has 0 aromatic heterocycles. The SMILES string of the molecule is NC(=O)c1cccc(N)c1Nc1cc(F)ccc1Br. The normalized spacial score (nSPS) is 10.2. The first-order valence-corrected chi connectivity index (χ1v) is 6.18. The van der Waals surface area contributed by atoms with Crippen molar-refractivity contribution in [1.82, 2.24) is 0 Å². The zero-order valence-electron chi connectivity index (χ0n) is 9.78. The molecular formula is C13H11BrFN3O. The molecule has 6 heteroatoms. The Morgan fingerprint density at radius 2 is 2.00 bits per heavy atom. The highest BCUT2D eigenvalue weighted by molar-refractivity contribution is 9.10. The number of halogens is 2. The van der Waals surface area contributed by atoms with Crippen LogP contribution in [0.1, 0.15) is 10.4 Å². The Bertz CT molecular complexity index is 646. The maximum Gasteiger partial charge on any atom is 0.250 e. The van der Waals surface area contributed by atoms with E-state index in [0.717, 1.165) is 0 Å². The highest BCUT2D eigenvalue weighted by Gasteiger charge is 2.12. The van der Waals surface area contributed by atoms with E-state index in [-0.39, 0.29) is 5.56 Å². The highest BCUT2D eigenvalue weighted by atomic mass is 79.9. The zero-order chi connectivity index (χ0) is 14.0. The van der Waals surface area contributed by atoms with Gasteiger partial charge in [0.2, 0.25) is 0 Å². The molecule has 0 saturated heterocycles. The van der Waals surface area contributed by atoms with Gasteiger partial charge in [-0.25, -0.2) is 4.39 Å². The lowest BCUT2D eigenvalue weighted by atomic mass is 10.1. The van der Waals surface area contributed by atoms with Gasteiger partial charge < -0.3 is 16.8 Å². The number of nitrogens with two attached hydrogens (primary N) is 2. The Morgan fingerprint density at radius 1 is 1.26 bits per heavy atom. The van der Waals surface area contributed by atoms with Crippen LogP contribution < -0.4 is 16.8 Å². The number of rotatable bonds is 3. The van der Waals surface area contributed by atoms with Gasteiger partial charge >= 0.3 is 0 Å². The third kappa shape index (κ3) is 2.85. The molecule has 0 saturated carbocycles. The van der Waals surface area contributed by atoms with E-state index in [1.54, 1.807) is 24.3 Å². The van der Waals surface area contributed by atoms with Gasteiger partial charge in [0.05, 0.1) is 22.6 Å². The summed E-state index contributed by atoms with van der Waals surface area (Å²) in [5.74, 6) is -1.01. The van der Waals surface area contributed by atoms with Gasteiger partial charge in [0, 0.05) is 4.47 Å². The number of benzene rings is 2. The fourth-order valence-corrected chi connectivity index (χ4v) is 1.99. The van der Waals surface area contributed by atoms with Crippen LogP contribution in [0.2, 0.25) is 0 Å². The number of amides is 1. The summed E-state index contributed by atoms with van der Waals surface area (Å²) < 4.78 is 13.9. The van der Waals surface area contributed by atoms with Crippen LogP contribution in [0.5, 0.6) is 0 Å². The number of primary amides is 1. The number of nitrogens with one attached hydrogen (secondary N) is 1. The van der Waals surface area contributed by atoms with Gasteiger partial charge in [0.25, 0.3) is 5.91 Å². The van der Waals surface area contributed by atoms with Crippen molar-refractivity contribution in [2.24, 2.45) is 5.73 Å². The van der Waals surface area contributed by atoms with Crippen molar-refractivity contribution in [3.8, 4) is 0 Å². The largest absolute Gasteiger partial charge is 0.397 e. The smallest absolute Gasteiger partial charge is 0.250 e. The van der Waals surface area contributed by atoms with Crippen molar-refractivity contribution < 1.29 is 9.18 Å². The van der Waals surface area contributed by atoms with Crippen LogP contribution in [0, 0.1) is 5.82 Å². The van der Waals surface area contributed by atoms with Crippen molar-refractivity contribution in [3.63, 3.8) is 0 Å². The molecule has 4 nitrogen and oxygen atoms in total. The van der Waals surface area contributed by atoms with Crippen LogP contribution in [-0.4, -0.2) is 5.91 Å². The second-order valence-electron chi connectivity index (χ2n) is 3.88. The van der Waals surface area contributed by atoms with Crippen molar-refractivity contribution in [3.05, 3.63) is 52.3 Å². The summed E-state index contributed by atoms with van der Waals surface area (Å²) in [6, 6.07) is 8.97. The molecule has 0 aliphatic carbocycles. The molecule has 0 aliphatic rings. The summed E-state index contributed by atoms with van der Waals surface area (Å²) >= 11 is 3.29.